The minimum Gasteiger partial charge on any atom is -0.387 e. The Labute approximate surface area is 89.8 Å². The predicted octanol–water partition coefficient (Wildman–Crippen LogP) is 3.44. The molecular formula is C12H18OS. The normalized spacial score (nSPS) is 27.7. The topological polar surface area (TPSA) is 20.2 Å². The Balaban J connectivity index is 2.12. The van der Waals surface area contributed by atoms with Crippen LogP contribution in [0.4, 0.5) is 0 Å². The fraction of sp³-hybridized carbons (Fsp3) is 0.667. The molecule has 2 heteroatoms. The summed E-state index contributed by atoms with van der Waals surface area (Å²) in [5, 5.41) is 10.2. The van der Waals surface area contributed by atoms with Gasteiger partial charge in [0.1, 0.15) is 0 Å². The van der Waals surface area contributed by atoms with Crippen LogP contribution in [0.25, 0.3) is 0 Å². The van der Waals surface area contributed by atoms with Gasteiger partial charge >= 0.3 is 0 Å². The molecule has 3 unspecified atom stereocenters. The highest BCUT2D eigenvalue weighted by Gasteiger charge is 2.42. The number of hydrogen-bond acceptors (Lipinski definition) is 2. The van der Waals surface area contributed by atoms with Gasteiger partial charge in [0, 0.05) is 9.75 Å². The van der Waals surface area contributed by atoms with Gasteiger partial charge in [0.15, 0.2) is 0 Å². The molecule has 1 heterocycles. The van der Waals surface area contributed by atoms with Crippen molar-refractivity contribution in [1.29, 1.82) is 0 Å². The highest BCUT2D eigenvalue weighted by atomic mass is 32.1. The predicted molar refractivity (Wildman–Crippen MR) is 60.6 cm³/mol. The molecule has 1 aromatic heterocycles. The van der Waals surface area contributed by atoms with Crippen molar-refractivity contribution in [3.63, 3.8) is 0 Å². The third-order valence-electron chi connectivity index (χ3n) is 3.26. The fourth-order valence-electron chi connectivity index (χ4n) is 2.27. The summed E-state index contributed by atoms with van der Waals surface area (Å²) in [5.74, 6) is 1.31. The molecule has 3 atom stereocenters. The minimum atomic E-state index is -0.196. The Morgan fingerprint density at radius 2 is 2.29 bits per heavy atom. The number of hydrogen-bond donors (Lipinski definition) is 1. The van der Waals surface area contributed by atoms with Crippen LogP contribution in [0, 0.1) is 25.7 Å². The lowest BCUT2D eigenvalue weighted by atomic mass is 10.1. The molecule has 0 saturated heterocycles. The highest BCUT2D eigenvalue weighted by Crippen LogP contribution is 2.50. The zero-order valence-corrected chi connectivity index (χ0v) is 9.90. The van der Waals surface area contributed by atoms with Crippen molar-refractivity contribution in [3.05, 3.63) is 21.4 Å². The number of rotatable bonds is 3. The molecule has 1 saturated carbocycles. The monoisotopic (exact) mass is 210 g/mol. The summed E-state index contributed by atoms with van der Waals surface area (Å²) in [6.45, 7) is 6.42. The quantitative estimate of drug-likeness (QED) is 0.810. The molecule has 14 heavy (non-hydrogen) atoms. The van der Waals surface area contributed by atoms with E-state index in [0.717, 1.165) is 5.92 Å². The Bertz CT molecular complexity index is 329. The summed E-state index contributed by atoms with van der Waals surface area (Å²) in [6, 6.07) is 2.17. The highest BCUT2D eigenvalue weighted by molar-refractivity contribution is 7.12. The minimum absolute atomic E-state index is 0.196. The zero-order valence-electron chi connectivity index (χ0n) is 9.08. The van der Waals surface area contributed by atoms with Crippen molar-refractivity contribution in [2.45, 2.75) is 39.7 Å². The number of aliphatic hydroxyl groups excluding tert-OH is 1. The standard InChI is InChI=1S/C12H18OS/c1-4-9-6-10(9)11(13)12-7(2)5-8(3)14-12/h5,9-11,13H,4,6H2,1-3H3. The van der Waals surface area contributed by atoms with E-state index in [-0.39, 0.29) is 6.10 Å². The first kappa shape index (κ1) is 10.2. The van der Waals surface area contributed by atoms with Crippen LogP contribution in [0.5, 0.6) is 0 Å². The van der Waals surface area contributed by atoms with Gasteiger partial charge < -0.3 is 5.11 Å². The van der Waals surface area contributed by atoms with Crippen LogP contribution in [-0.2, 0) is 0 Å². The average Bonchev–Trinajstić information content (AvgIpc) is 2.85. The summed E-state index contributed by atoms with van der Waals surface area (Å²) in [5.41, 5.74) is 1.27. The van der Waals surface area contributed by atoms with Crippen LogP contribution in [0.15, 0.2) is 6.07 Å². The van der Waals surface area contributed by atoms with Gasteiger partial charge in [0.25, 0.3) is 0 Å². The molecule has 1 N–H and O–H groups in total. The van der Waals surface area contributed by atoms with Gasteiger partial charge in [-0.25, -0.2) is 0 Å². The average molecular weight is 210 g/mol. The Hall–Kier alpha value is -0.340. The van der Waals surface area contributed by atoms with Crippen LogP contribution < -0.4 is 0 Å². The fourth-order valence-corrected chi connectivity index (χ4v) is 3.37. The molecule has 0 radical (unpaired) electrons. The first-order chi connectivity index (χ1) is 6.63. The Morgan fingerprint density at radius 3 is 2.71 bits per heavy atom. The maximum absolute atomic E-state index is 10.2. The molecule has 0 bridgehead atoms. The summed E-state index contributed by atoms with van der Waals surface area (Å²) in [7, 11) is 0. The Kier molecular flexibility index (Phi) is 2.67. The van der Waals surface area contributed by atoms with Crippen LogP contribution in [-0.4, -0.2) is 5.11 Å². The molecule has 0 aromatic carbocycles. The van der Waals surface area contributed by atoms with E-state index in [0.29, 0.717) is 5.92 Å². The van der Waals surface area contributed by atoms with E-state index in [9.17, 15) is 5.11 Å². The second kappa shape index (κ2) is 3.67. The van der Waals surface area contributed by atoms with Crippen LogP contribution in [0.3, 0.4) is 0 Å². The molecule has 2 rings (SSSR count). The smallest absolute Gasteiger partial charge is 0.0915 e. The molecule has 1 aliphatic rings. The lowest BCUT2D eigenvalue weighted by molar-refractivity contribution is 0.149. The molecule has 1 aromatic rings. The van der Waals surface area contributed by atoms with Crippen LogP contribution in [0.1, 0.15) is 41.2 Å². The second-order valence-electron chi connectivity index (χ2n) is 4.42. The van der Waals surface area contributed by atoms with Gasteiger partial charge in [0.2, 0.25) is 0 Å². The third kappa shape index (κ3) is 1.73. The van der Waals surface area contributed by atoms with E-state index in [1.54, 1.807) is 11.3 Å². The van der Waals surface area contributed by atoms with Crippen molar-refractivity contribution >= 4 is 11.3 Å². The van der Waals surface area contributed by atoms with Gasteiger partial charge in [-0.2, -0.15) is 0 Å². The summed E-state index contributed by atoms with van der Waals surface area (Å²) in [4.78, 5) is 2.51. The summed E-state index contributed by atoms with van der Waals surface area (Å²) < 4.78 is 0. The number of aliphatic hydroxyl groups is 1. The van der Waals surface area contributed by atoms with Gasteiger partial charge in [-0.3, -0.25) is 0 Å². The Morgan fingerprint density at radius 1 is 1.57 bits per heavy atom. The first-order valence-corrected chi connectivity index (χ1v) is 6.20. The van der Waals surface area contributed by atoms with Crippen LogP contribution >= 0.6 is 11.3 Å². The van der Waals surface area contributed by atoms with E-state index in [2.05, 4.69) is 26.8 Å². The van der Waals surface area contributed by atoms with Crippen molar-refractivity contribution in [1.82, 2.24) is 0 Å². The number of aryl methyl sites for hydroxylation is 2. The summed E-state index contributed by atoms with van der Waals surface area (Å²) >= 11 is 1.75. The molecular weight excluding hydrogens is 192 g/mol. The molecule has 78 valence electrons. The maximum Gasteiger partial charge on any atom is 0.0915 e. The number of thiophene rings is 1. The van der Waals surface area contributed by atoms with E-state index in [4.69, 9.17) is 0 Å². The molecule has 0 amide bonds. The molecule has 0 spiro atoms. The van der Waals surface area contributed by atoms with E-state index < -0.39 is 0 Å². The zero-order chi connectivity index (χ0) is 10.3. The maximum atomic E-state index is 10.2. The summed E-state index contributed by atoms with van der Waals surface area (Å²) in [6.07, 6.45) is 2.23. The van der Waals surface area contributed by atoms with Crippen LogP contribution in [0.2, 0.25) is 0 Å². The molecule has 1 fully saturated rings. The lowest BCUT2D eigenvalue weighted by Gasteiger charge is -2.08. The molecule has 0 aliphatic heterocycles. The SMILES string of the molecule is CCC1CC1C(O)c1sc(C)cc1C. The third-order valence-corrected chi connectivity index (χ3v) is 4.48. The second-order valence-corrected chi connectivity index (χ2v) is 5.70. The van der Waals surface area contributed by atoms with E-state index in [1.165, 1.54) is 28.2 Å². The molecule has 1 nitrogen and oxygen atoms in total. The van der Waals surface area contributed by atoms with Crippen molar-refractivity contribution in [3.8, 4) is 0 Å². The van der Waals surface area contributed by atoms with Gasteiger partial charge in [0.05, 0.1) is 6.10 Å². The van der Waals surface area contributed by atoms with Gasteiger partial charge in [-0.15, -0.1) is 11.3 Å². The van der Waals surface area contributed by atoms with Gasteiger partial charge in [-0.05, 0) is 43.7 Å². The first-order valence-electron chi connectivity index (χ1n) is 5.38. The van der Waals surface area contributed by atoms with Crippen molar-refractivity contribution < 1.29 is 5.11 Å². The van der Waals surface area contributed by atoms with E-state index >= 15 is 0 Å². The van der Waals surface area contributed by atoms with Crippen molar-refractivity contribution in [2.24, 2.45) is 11.8 Å². The lowest BCUT2D eigenvalue weighted by Crippen LogP contribution is -2.00. The largest absolute Gasteiger partial charge is 0.387 e. The van der Waals surface area contributed by atoms with Crippen molar-refractivity contribution in [2.75, 3.05) is 0 Å². The van der Waals surface area contributed by atoms with Gasteiger partial charge in [-0.1, -0.05) is 13.3 Å². The van der Waals surface area contributed by atoms with E-state index in [1.807, 2.05) is 0 Å². The molecule has 1 aliphatic carbocycles.